The van der Waals surface area contributed by atoms with Crippen molar-refractivity contribution in [2.75, 3.05) is 0 Å². The second-order valence-electron chi connectivity index (χ2n) is 2.61. The average Bonchev–Trinajstić information content (AvgIpc) is 2.16. The van der Waals surface area contributed by atoms with Gasteiger partial charge in [0.15, 0.2) is 0 Å². The van der Waals surface area contributed by atoms with Crippen molar-refractivity contribution in [3.63, 3.8) is 0 Å². The Kier molecular flexibility index (Phi) is 2.92. The molecule has 0 aliphatic carbocycles. The number of pyridine rings is 1. The van der Waals surface area contributed by atoms with Gasteiger partial charge in [0.1, 0.15) is 6.20 Å². The molecule has 5 heteroatoms. The van der Waals surface area contributed by atoms with Crippen LogP contribution in [0.4, 0.5) is 5.69 Å². The molecule has 0 radical (unpaired) electrons. The highest BCUT2D eigenvalue weighted by molar-refractivity contribution is 5.34. The summed E-state index contributed by atoms with van der Waals surface area (Å²) in [5.74, 6) is 0. The van der Waals surface area contributed by atoms with Crippen molar-refractivity contribution >= 4 is 5.69 Å². The highest BCUT2D eigenvalue weighted by Gasteiger charge is 2.09. The zero-order valence-electron chi connectivity index (χ0n) is 7.36. The van der Waals surface area contributed by atoms with Crippen LogP contribution in [0.1, 0.15) is 18.2 Å². The number of nitro groups is 1. The molecule has 0 fully saturated rings. The predicted molar refractivity (Wildman–Crippen MR) is 48.2 cm³/mol. The molecule has 0 saturated carbocycles. The Morgan fingerprint density at radius 1 is 1.69 bits per heavy atom. The van der Waals surface area contributed by atoms with Crippen LogP contribution in [-0.2, 0) is 13.0 Å². The van der Waals surface area contributed by atoms with Gasteiger partial charge in [-0.2, -0.15) is 0 Å². The van der Waals surface area contributed by atoms with E-state index < -0.39 is 4.92 Å². The molecule has 13 heavy (non-hydrogen) atoms. The molecule has 1 aromatic heterocycles. The number of aryl methyl sites for hydroxylation is 1. The molecule has 1 aromatic rings. The monoisotopic (exact) mass is 181 g/mol. The first kappa shape index (κ1) is 9.60. The Bertz CT molecular complexity index is 325. The van der Waals surface area contributed by atoms with Gasteiger partial charge in [0.05, 0.1) is 4.92 Å². The van der Waals surface area contributed by atoms with Crippen molar-refractivity contribution in [1.82, 2.24) is 4.98 Å². The number of hydrogen-bond acceptors (Lipinski definition) is 4. The summed E-state index contributed by atoms with van der Waals surface area (Å²) in [5.41, 5.74) is 7.00. The molecule has 0 saturated heterocycles. The van der Waals surface area contributed by atoms with Gasteiger partial charge in [-0.1, -0.05) is 6.92 Å². The van der Waals surface area contributed by atoms with Gasteiger partial charge in [0, 0.05) is 18.3 Å². The van der Waals surface area contributed by atoms with Gasteiger partial charge < -0.3 is 5.73 Å². The summed E-state index contributed by atoms with van der Waals surface area (Å²) in [6.07, 6.45) is 2.00. The normalized spacial score (nSPS) is 10.0. The Morgan fingerprint density at radius 3 is 2.85 bits per heavy atom. The minimum Gasteiger partial charge on any atom is -0.326 e. The van der Waals surface area contributed by atoms with Crippen molar-refractivity contribution < 1.29 is 4.92 Å². The van der Waals surface area contributed by atoms with Crippen molar-refractivity contribution in [3.8, 4) is 0 Å². The molecule has 1 heterocycles. The van der Waals surface area contributed by atoms with Crippen molar-refractivity contribution in [2.45, 2.75) is 19.9 Å². The van der Waals surface area contributed by atoms with Crippen LogP contribution in [0.25, 0.3) is 0 Å². The Morgan fingerprint density at radius 2 is 2.38 bits per heavy atom. The van der Waals surface area contributed by atoms with Crippen LogP contribution in [0.2, 0.25) is 0 Å². The molecular weight excluding hydrogens is 170 g/mol. The summed E-state index contributed by atoms with van der Waals surface area (Å²) in [4.78, 5) is 13.9. The molecule has 0 bridgehead atoms. The third-order valence-electron chi connectivity index (χ3n) is 1.81. The predicted octanol–water partition coefficient (Wildman–Crippen LogP) is 1.01. The quantitative estimate of drug-likeness (QED) is 0.557. The third kappa shape index (κ3) is 2.00. The van der Waals surface area contributed by atoms with Gasteiger partial charge in [0.25, 0.3) is 5.69 Å². The fourth-order valence-corrected chi connectivity index (χ4v) is 1.12. The number of nitrogens with zero attached hydrogens (tertiary/aromatic N) is 2. The van der Waals surface area contributed by atoms with Crippen molar-refractivity contribution in [3.05, 3.63) is 33.6 Å². The molecule has 0 atom stereocenters. The molecule has 0 aromatic carbocycles. The second-order valence-corrected chi connectivity index (χ2v) is 2.61. The van der Waals surface area contributed by atoms with E-state index in [4.69, 9.17) is 5.73 Å². The molecule has 0 spiro atoms. The molecule has 5 nitrogen and oxygen atoms in total. The van der Waals surface area contributed by atoms with Crippen molar-refractivity contribution in [2.24, 2.45) is 5.73 Å². The van der Waals surface area contributed by atoms with E-state index in [0.29, 0.717) is 0 Å². The lowest BCUT2D eigenvalue weighted by Gasteiger charge is -2.02. The van der Waals surface area contributed by atoms with Gasteiger partial charge in [-0.3, -0.25) is 15.1 Å². The van der Waals surface area contributed by atoms with E-state index >= 15 is 0 Å². The maximum atomic E-state index is 10.4. The standard InChI is InChI=1S/C8H11N3O2/c1-2-8-6(4-9)3-7(5-10-8)11(12)13/h3,5H,2,4,9H2,1H3. The number of aromatic nitrogens is 1. The first-order chi connectivity index (χ1) is 6.19. The second kappa shape index (κ2) is 3.95. The van der Waals surface area contributed by atoms with Gasteiger partial charge in [-0.15, -0.1) is 0 Å². The largest absolute Gasteiger partial charge is 0.326 e. The van der Waals surface area contributed by atoms with Crippen LogP contribution in [0, 0.1) is 10.1 Å². The first-order valence-electron chi connectivity index (χ1n) is 4.01. The third-order valence-corrected chi connectivity index (χ3v) is 1.81. The lowest BCUT2D eigenvalue weighted by molar-refractivity contribution is -0.385. The van der Waals surface area contributed by atoms with Crippen LogP contribution < -0.4 is 5.73 Å². The van der Waals surface area contributed by atoms with E-state index in [9.17, 15) is 10.1 Å². The first-order valence-corrected chi connectivity index (χ1v) is 4.01. The minimum atomic E-state index is -0.467. The highest BCUT2D eigenvalue weighted by atomic mass is 16.6. The lowest BCUT2D eigenvalue weighted by atomic mass is 10.1. The van der Waals surface area contributed by atoms with E-state index in [1.807, 2.05) is 6.92 Å². The summed E-state index contributed by atoms with van der Waals surface area (Å²) in [6.45, 7) is 2.23. The van der Waals surface area contributed by atoms with Gasteiger partial charge in [-0.25, -0.2) is 0 Å². The van der Waals surface area contributed by atoms with Gasteiger partial charge >= 0.3 is 0 Å². The van der Waals surface area contributed by atoms with Crippen LogP contribution in [0.3, 0.4) is 0 Å². The summed E-state index contributed by atoms with van der Waals surface area (Å²) >= 11 is 0. The van der Waals surface area contributed by atoms with Crippen molar-refractivity contribution in [1.29, 1.82) is 0 Å². The average molecular weight is 181 g/mol. The maximum Gasteiger partial charge on any atom is 0.287 e. The van der Waals surface area contributed by atoms with Crippen LogP contribution in [-0.4, -0.2) is 9.91 Å². The SMILES string of the molecule is CCc1ncc([N+](=O)[O-])cc1CN. The zero-order chi connectivity index (χ0) is 9.84. The fourth-order valence-electron chi connectivity index (χ4n) is 1.12. The minimum absolute atomic E-state index is 0.00218. The van der Waals surface area contributed by atoms with E-state index in [1.165, 1.54) is 12.3 Å². The highest BCUT2D eigenvalue weighted by Crippen LogP contribution is 2.14. The van der Waals surface area contributed by atoms with E-state index in [0.717, 1.165) is 17.7 Å². The van der Waals surface area contributed by atoms with Crippen LogP contribution in [0.5, 0.6) is 0 Å². The number of nitrogens with two attached hydrogens (primary N) is 1. The van der Waals surface area contributed by atoms with E-state index in [2.05, 4.69) is 4.98 Å². The maximum absolute atomic E-state index is 10.4. The fraction of sp³-hybridized carbons (Fsp3) is 0.375. The Labute approximate surface area is 75.7 Å². The van der Waals surface area contributed by atoms with E-state index in [-0.39, 0.29) is 12.2 Å². The molecule has 0 amide bonds. The van der Waals surface area contributed by atoms with Gasteiger partial charge in [0.2, 0.25) is 0 Å². The number of rotatable bonds is 3. The molecule has 2 N–H and O–H groups in total. The lowest BCUT2D eigenvalue weighted by Crippen LogP contribution is -2.04. The molecular formula is C8H11N3O2. The van der Waals surface area contributed by atoms with Gasteiger partial charge in [-0.05, 0) is 12.0 Å². The van der Waals surface area contributed by atoms with E-state index in [1.54, 1.807) is 0 Å². The molecule has 0 aliphatic heterocycles. The van der Waals surface area contributed by atoms with Crippen LogP contribution >= 0.6 is 0 Å². The number of hydrogen-bond donors (Lipinski definition) is 1. The smallest absolute Gasteiger partial charge is 0.287 e. The summed E-state index contributed by atoms with van der Waals surface area (Å²) in [5, 5.41) is 10.4. The van der Waals surface area contributed by atoms with Crippen LogP contribution in [0.15, 0.2) is 12.3 Å². The molecule has 1 rings (SSSR count). The summed E-state index contributed by atoms with van der Waals surface area (Å²) < 4.78 is 0. The summed E-state index contributed by atoms with van der Waals surface area (Å²) in [7, 11) is 0. The Balaban J connectivity index is 3.13. The molecule has 0 aliphatic rings. The zero-order valence-corrected chi connectivity index (χ0v) is 7.36. The topological polar surface area (TPSA) is 82.0 Å². The molecule has 70 valence electrons. The Hall–Kier alpha value is -1.49. The molecule has 0 unspecified atom stereocenters. The summed E-state index contributed by atoms with van der Waals surface area (Å²) in [6, 6.07) is 1.48.